The fraction of sp³-hybridized carbons (Fsp3) is 0.375. The molecular formula is C16H18N4O2S. The van der Waals surface area contributed by atoms with Crippen molar-refractivity contribution in [2.75, 3.05) is 11.1 Å². The van der Waals surface area contributed by atoms with Gasteiger partial charge in [-0.15, -0.1) is 10.2 Å². The standard InChI is InChI=1S/C16H18N4O2S/c1-9(2)20-8-17-19-16(20)23-7-14(21)11-4-5-13-12(6-11)10(3)15(22)18-13/h4-6,8-10H,7H2,1-3H3,(H,18,22)/t10-/m0/s1. The van der Waals surface area contributed by atoms with Crippen LogP contribution in [0.2, 0.25) is 0 Å². The first-order valence-electron chi connectivity index (χ1n) is 7.47. The Kier molecular flexibility index (Phi) is 4.21. The summed E-state index contributed by atoms with van der Waals surface area (Å²) in [6, 6.07) is 5.62. The molecule has 2 heterocycles. The van der Waals surface area contributed by atoms with Gasteiger partial charge in [-0.1, -0.05) is 11.8 Å². The van der Waals surface area contributed by atoms with Crippen molar-refractivity contribution in [2.45, 2.75) is 37.9 Å². The van der Waals surface area contributed by atoms with Gasteiger partial charge in [-0.05, 0) is 44.5 Å². The molecule has 2 aromatic rings. The van der Waals surface area contributed by atoms with Gasteiger partial charge in [-0.3, -0.25) is 9.59 Å². The van der Waals surface area contributed by atoms with E-state index in [4.69, 9.17) is 0 Å². The van der Waals surface area contributed by atoms with E-state index in [2.05, 4.69) is 15.5 Å². The summed E-state index contributed by atoms with van der Waals surface area (Å²) < 4.78 is 1.94. The van der Waals surface area contributed by atoms with Crippen LogP contribution >= 0.6 is 11.8 Å². The number of ketones is 1. The number of carbonyl (C=O) groups excluding carboxylic acids is 2. The molecule has 1 atom stereocenters. The third-order valence-electron chi connectivity index (χ3n) is 3.92. The van der Waals surface area contributed by atoms with Crippen LogP contribution in [-0.2, 0) is 4.79 Å². The van der Waals surface area contributed by atoms with E-state index in [0.717, 1.165) is 16.4 Å². The first-order valence-corrected chi connectivity index (χ1v) is 8.46. The van der Waals surface area contributed by atoms with Crippen molar-refractivity contribution in [1.82, 2.24) is 14.8 Å². The van der Waals surface area contributed by atoms with E-state index in [1.165, 1.54) is 11.8 Å². The first-order chi connectivity index (χ1) is 11.0. The molecule has 0 unspecified atom stereocenters. The highest BCUT2D eigenvalue weighted by molar-refractivity contribution is 7.99. The lowest BCUT2D eigenvalue weighted by Gasteiger charge is -2.09. The molecule has 1 amide bonds. The summed E-state index contributed by atoms with van der Waals surface area (Å²) in [6.07, 6.45) is 1.67. The number of Topliss-reactive ketones (excluding diaryl/α,β-unsaturated/α-hetero) is 1. The molecule has 0 aliphatic carbocycles. The number of aromatic nitrogens is 3. The molecular weight excluding hydrogens is 312 g/mol. The first kappa shape index (κ1) is 15.7. The molecule has 1 N–H and O–H groups in total. The monoisotopic (exact) mass is 330 g/mol. The Hall–Kier alpha value is -2.15. The van der Waals surface area contributed by atoms with Crippen molar-refractivity contribution in [2.24, 2.45) is 0 Å². The number of hydrogen-bond donors (Lipinski definition) is 1. The number of nitrogens with one attached hydrogen (secondary N) is 1. The number of benzene rings is 1. The maximum atomic E-state index is 12.4. The highest BCUT2D eigenvalue weighted by Crippen LogP contribution is 2.33. The number of amides is 1. The molecule has 1 aliphatic heterocycles. The Morgan fingerprint density at radius 2 is 2.22 bits per heavy atom. The highest BCUT2D eigenvalue weighted by atomic mass is 32.2. The minimum absolute atomic E-state index is 0.0163. The van der Waals surface area contributed by atoms with E-state index in [1.54, 1.807) is 18.5 Å². The van der Waals surface area contributed by atoms with Crippen LogP contribution in [0.4, 0.5) is 5.69 Å². The average molecular weight is 330 g/mol. The number of rotatable bonds is 5. The van der Waals surface area contributed by atoms with Gasteiger partial charge in [0.15, 0.2) is 10.9 Å². The lowest BCUT2D eigenvalue weighted by Crippen LogP contribution is -2.08. The zero-order valence-corrected chi connectivity index (χ0v) is 14.1. The SMILES string of the molecule is CC(C)n1cnnc1SCC(=O)c1ccc2c(c1)[C@H](C)C(=O)N2. The Bertz CT molecular complexity index is 769. The topological polar surface area (TPSA) is 76.9 Å². The van der Waals surface area contributed by atoms with Crippen LogP contribution in [0.25, 0.3) is 0 Å². The van der Waals surface area contributed by atoms with Crippen LogP contribution in [0.1, 0.15) is 48.7 Å². The van der Waals surface area contributed by atoms with Crippen molar-refractivity contribution in [3.63, 3.8) is 0 Å². The van der Waals surface area contributed by atoms with Crippen LogP contribution in [0.3, 0.4) is 0 Å². The summed E-state index contributed by atoms with van der Waals surface area (Å²) in [7, 11) is 0. The van der Waals surface area contributed by atoms with E-state index in [-0.39, 0.29) is 23.7 Å². The number of anilines is 1. The normalized spacial score (nSPS) is 16.5. The van der Waals surface area contributed by atoms with E-state index in [0.29, 0.717) is 11.3 Å². The van der Waals surface area contributed by atoms with Crippen LogP contribution in [0.5, 0.6) is 0 Å². The molecule has 6 nitrogen and oxygen atoms in total. The number of carbonyl (C=O) groups is 2. The van der Waals surface area contributed by atoms with Crippen LogP contribution < -0.4 is 5.32 Å². The minimum atomic E-state index is -0.213. The molecule has 0 saturated carbocycles. The van der Waals surface area contributed by atoms with Crippen molar-refractivity contribution in [1.29, 1.82) is 0 Å². The van der Waals surface area contributed by atoms with Crippen molar-refractivity contribution < 1.29 is 9.59 Å². The van der Waals surface area contributed by atoms with Gasteiger partial charge in [0.05, 0.1) is 11.7 Å². The second-order valence-electron chi connectivity index (χ2n) is 5.84. The number of nitrogens with zero attached hydrogens (tertiary/aromatic N) is 3. The number of fused-ring (bicyclic) bond motifs is 1. The van der Waals surface area contributed by atoms with Gasteiger partial charge < -0.3 is 9.88 Å². The minimum Gasteiger partial charge on any atom is -0.325 e. The van der Waals surface area contributed by atoms with Gasteiger partial charge in [0.25, 0.3) is 0 Å². The summed E-state index contributed by atoms with van der Waals surface area (Å²) in [5, 5.41) is 11.5. The molecule has 0 bridgehead atoms. The largest absolute Gasteiger partial charge is 0.325 e. The van der Waals surface area contributed by atoms with Crippen molar-refractivity contribution in [3.8, 4) is 0 Å². The Morgan fingerprint density at radius 3 is 2.96 bits per heavy atom. The van der Waals surface area contributed by atoms with Crippen LogP contribution in [-0.4, -0.2) is 32.2 Å². The molecule has 1 aromatic carbocycles. The zero-order chi connectivity index (χ0) is 16.6. The average Bonchev–Trinajstić information content (AvgIpc) is 3.10. The van der Waals surface area contributed by atoms with Crippen molar-refractivity contribution >= 4 is 29.1 Å². The van der Waals surface area contributed by atoms with Gasteiger partial charge in [0.1, 0.15) is 6.33 Å². The van der Waals surface area contributed by atoms with Gasteiger partial charge >= 0.3 is 0 Å². The second-order valence-corrected chi connectivity index (χ2v) is 6.78. The molecule has 120 valence electrons. The van der Waals surface area contributed by atoms with Gasteiger partial charge in [0.2, 0.25) is 5.91 Å². The van der Waals surface area contributed by atoms with E-state index >= 15 is 0 Å². The van der Waals surface area contributed by atoms with Gasteiger partial charge in [-0.25, -0.2) is 0 Å². The molecule has 1 aromatic heterocycles. The summed E-state index contributed by atoms with van der Waals surface area (Å²) >= 11 is 1.38. The quantitative estimate of drug-likeness (QED) is 0.674. The van der Waals surface area contributed by atoms with E-state index in [1.807, 2.05) is 31.4 Å². The molecule has 1 aliphatic rings. The van der Waals surface area contributed by atoms with Gasteiger partial charge in [0, 0.05) is 17.3 Å². The summed E-state index contributed by atoms with van der Waals surface area (Å²) in [5.41, 5.74) is 2.30. The number of thioether (sulfide) groups is 1. The fourth-order valence-corrected chi connectivity index (χ4v) is 3.43. The molecule has 0 radical (unpaired) electrons. The molecule has 0 spiro atoms. The lowest BCUT2D eigenvalue weighted by atomic mass is 9.99. The molecule has 3 rings (SSSR count). The predicted octanol–water partition coefficient (Wildman–Crippen LogP) is 2.89. The Labute approximate surface area is 138 Å². The molecule has 0 fully saturated rings. The number of hydrogen-bond acceptors (Lipinski definition) is 5. The lowest BCUT2D eigenvalue weighted by molar-refractivity contribution is -0.116. The second kappa shape index (κ2) is 6.16. The Balaban J connectivity index is 1.72. The highest BCUT2D eigenvalue weighted by Gasteiger charge is 2.27. The summed E-state index contributed by atoms with van der Waals surface area (Å²) in [5.74, 6) is 0.0704. The molecule has 0 saturated heterocycles. The third kappa shape index (κ3) is 3.01. The summed E-state index contributed by atoms with van der Waals surface area (Å²) in [4.78, 5) is 24.1. The smallest absolute Gasteiger partial charge is 0.231 e. The van der Waals surface area contributed by atoms with Gasteiger partial charge in [-0.2, -0.15) is 0 Å². The van der Waals surface area contributed by atoms with Crippen molar-refractivity contribution in [3.05, 3.63) is 35.7 Å². The van der Waals surface area contributed by atoms with Crippen LogP contribution in [0.15, 0.2) is 29.7 Å². The Morgan fingerprint density at radius 1 is 1.43 bits per heavy atom. The maximum absolute atomic E-state index is 12.4. The zero-order valence-electron chi connectivity index (χ0n) is 13.2. The molecule has 23 heavy (non-hydrogen) atoms. The summed E-state index contributed by atoms with van der Waals surface area (Å²) in [6.45, 7) is 5.93. The fourth-order valence-electron chi connectivity index (χ4n) is 2.49. The van der Waals surface area contributed by atoms with Crippen LogP contribution in [0, 0.1) is 0 Å². The maximum Gasteiger partial charge on any atom is 0.231 e. The predicted molar refractivity (Wildman–Crippen MR) is 88.9 cm³/mol. The molecule has 7 heteroatoms. The van der Waals surface area contributed by atoms with E-state index in [9.17, 15) is 9.59 Å². The third-order valence-corrected chi connectivity index (χ3v) is 4.88. The van der Waals surface area contributed by atoms with E-state index < -0.39 is 0 Å².